The zero-order valence-corrected chi connectivity index (χ0v) is 15.3. The van der Waals surface area contributed by atoms with Crippen LogP contribution in [0.1, 0.15) is 28.8 Å². The number of methoxy groups -OCH3 is 1. The molecular weight excluding hydrogens is 334 g/mol. The zero-order chi connectivity index (χ0) is 18.5. The summed E-state index contributed by atoms with van der Waals surface area (Å²) < 4.78 is 5.44. The summed E-state index contributed by atoms with van der Waals surface area (Å²) in [6, 6.07) is 29.1. The molecule has 0 saturated heterocycles. The molecule has 4 rings (SSSR count). The van der Waals surface area contributed by atoms with Crippen molar-refractivity contribution in [2.45, 2.75) is 18.6 Å². The Balaban J connectivity index is 1.56. The van der Waals surface area contributed by atoms with Crippen LogP contribution >= 0.6 is 0 Å². The van der Waals surface area contributed by atoms with Crippen LogP contribution in [-0.2, 0) is 6.54 Å². The van der Waals surface area contributed by atoms with Gasteiger partial charge in [-0.2, -0.15) is 0 Å². The van der Waals surface area contributed by atoms with Gasteiger partial charge in [-0.05, 0) is 17.2 Å². The monoisotopic (exact) mass is 357 g/mol. The van der Waals surface area contributed by atoms with Crippen LogP contribution in [0.5, 0.6) is 5.75 Å². The number of nitrogens with one attached hydrogen (secondary N) is 2. The van der Waals surface area contributed by atoms with Gasteiger partial charge in [-0.1, -0.05) is 78.9 Å². The van der Waals surface area contributed by atoms with Crippen molar-refractivity contribution in [3.63, 3.8) is 0 Å². The van der Waals surface area contributed by atoms with Gasteiger partial charge in [-0.15, -0.1) is 0 Å². The van der Waals surface area contributed by atoms with Crippen LogP contribution in [0.2, 0.25) is 0 Å². The number of nitrogens with zero attached hydrogens (tertiary/aromatic N) is 1. The number of aliphatic imine (C=N–C) groups is 1. The molecule has 0 saturated carbocycles. The maximum atomic E-state index is 5.44. The topological polar surface area (TPSA) is 45.6 Å². The SMILES string of the molecule is COc1ccccc1CNC1=N[C@H](c2ccccc2)[C@@H](c2ccccc2)N1. The van der Waals surface area contributed by atoms with E-state index in [1.54, 1.807) is 7.11 Å². The molecule has 3 aromatic carbocycles. The minimum atomic E-state index is 0.0359. The predicted molar refractivity (Wildman–Crippen MR) is 109 cm³/mol. The van der Waals surface area contributed by atoms with Crippen LogP contribution in [0.3, 0.4) is 0 Å². The maximum absolute atomic E-state index is 5.44. The highest BCUT2D eigenvalue weighted by molar-refractivity contribution is 5.82. The molecule has 0 fully saturated rings. The van der Waals surface area contributed by atoms with Crippen molar-refractivity contribution in [1.29, 1.82) is 0 Å². The molecule has 0 spiro atoms. The molecule has 0 aliphatic carbocycles. The first kappa shape index (κ1) is 17.2. The molecule has 2 N–H and O–H groups in total. The zero-order valence-electron chi connectivity index (χ0n) is 15.3. The number of para-hydroxylation sites is 1. The van der Waals surface area contributed by atoms with Gasteiger partial charge in [0.15, 0.2) is 5.96 Å². The molecule has 4 heteroatoms. The Hall–Kier alpha value is -3.27. The van der Waals surface area contributed by atoms with Crippen molar-refractivity contribution in [3.8, 4) is 5.75 Å². The Bertz CT molecular complexity index is 909. The molecule has 0 bridgehead atoms. The molecule has 136 valence electrons. The normalized spacial score (nSPS) is 18.5. The molecule has 0 radical (unpaired) electrons. The molecule has 0 amide bonds. The first-order valence-corrected chi connectivity index (χ1v) is 9.15. The second kappa shape index (κ2) is 7.96. The first-order valence-electron chi connectivity index (χ1n) is 9.15. The van der Waals surface area contributed by atoms with Gasteiger partial charge in [0.2, 0.25) is 0 Å². The molecule has 4 nitrogen and oxygen atoms in total. The lowest BCUT2D eigenvalue weighted by atomic mass is 9.95. The third-order valence-corrected chi connectivity index (χ3v) is 4.81. The first-order chi connectivity index (χ1) is 13.3. The van der Waals surface area contributed by atoms with Crippen LogP contribution in [-0.4, -0.2) is 13.1 Å². The van der Waals surface area contributed by atoms with Crippen LogP contribution < -0.4 is 15.4 Å². The predicted octanol–water partition coefficient (Wildman–Crippen LogP) is 4.23. The lowest BCUT2D eigenvalue weighted by Crippen LogP contribution is -2.35. The third-order valence-electron chi connectivity index (χ3n) is 4.81. The molecule has 1 aliphatic rings. The van der Waals surface area contributed by atoms with E-state index in [1.165, 1.54) is 11.1 Å². The summed E-state index contributed by atoms with van der Waals surface area (Å²) in [5.74, 6) is 1.69. The summed E-state index contributed by atoms with van der Waals surface area (Å²) in [7, 11) is 1.70. The summed E-state index contributed by atoms with van der Waals surface area (Å²) in [5, 5.41) is 6.99. The van der Waals surface area contributed by atoms with E-state index < -0.39 is 0 Å². The third kappa shape index (κ3) is 3.80. The van der Waals surface area contributed by atoms with Crippen LogP contribution in [0.4, 0.5) is 0 Å². The smallest absolute Gasteiger partial charge is 0.192 e. The van der Waals surface area contributed by atoms with E-state index in [2.05, 4.69) is 65.2 Å². The number of rotatable bonds is 5. The van der Waals surface area contributed by atoms with Gasteiger partial charge in [0.1, 0.15) is 11.8 Å². The van der Waals surface area contributed by atoms with E-state index in [4.69, 9.17) is 9.73 Å². The second-order valence-electron chi connectivity index (χ2n) is 6.53. The Kier molecular flexibility index (Phi) is 5.06. The number of guanidine groups is 1. The van der Waals surface area contributed by atoms with Crippen LogP contribution in [0, 0.1) is 0 Å². The lowest BCUT2D eigenvalue weighted by Gasteiger charge is -2.19. The number of hydrogen-bond acceptors (Lipinski definition) is 4. The van der Waals surface area contributed by atoms with Crippen molar-refractivity contribution in [2.75, 3.05) is 7.11 Å². The van der Waals surface area contributed by atoms with Gasteiger partial charge < -0.3 is 15.4 Å². The number of benzene rings is 3. The summed E-state index contributed by atoms with van der Waals surface area (Å²) in [5.41, 5.74) is 3.53. The highest BCUT2D eigenvalue weighted by atomic mass is 16.5. The second-order valence-corrected chi connectivity index (χ2v) is 6.53. The standard InChI is InChI=1S/C23H23N3O/c1-27-20-15-9-8-14-19(20)16-24-23-25-21(17-10-4-2-5-11-17)22(26-23)18-12-6-3-7-13-18/h2-15,21-22H,16H2,1H3,(H2,24,25,26)/t21-,22-/m1/s1. The van der Waals surface area contributed by atoms with Gasteiger partial charge in [-0.3, -0.25) is 0 Å². The van der Waals surface area contributed by atoms with Gasteiger partial charge in [0, 0.05) is 12.1 Å². The Morgan fingerprint density at radius 3 is 2.19 bits per heavy atom. The largest absolute Gasteiger partial charge is 0.496 e. The summed E-state index contributed by atoms with van der Waals surface area (Å²) in [4.78, 5) is 4.94. The van der Waals surface area contributed by atoms with Crippen molar-refractivity contribution in [3.05, 3.63) is 102 Å². The van der Waals surface area contributed by atoms with Crippen LogP contribution in [0.15, 0.2) is 89.9 Å². The fraction of sp³-hybridized carbons (Fsp3) is 0.174. The Morgan fingerprint density at radius 2 is 1.48 bits per heavy atom. The maximum Gasteiger partial charge on any atom is 0.192 e. The fourth-order valence-corrected chi connectivity index (χ4v) is 3.44. The van der Waals surface area contributed by atoms with E-state index >= 15 is 0 Å². The van der Waals surface area contributed by atoms with Crippen molar-refractivity contribution < 1.29 is 4.74 Å². The van der Waals surface area contributed by atoms with Crippen LogP contribution in [0.25, 0.3) is 0 Å². The van der Waals surface area contributed by atoms with Gasteiger partial charge in [0.25, 0.3) is 0 Å². The highest BCUT2D eigenvalue weighted by Crippen LogP contribution is 2.35. The molecule has 1 aliphatic heterocycles. The number of hydrogen-bond donors (Lipinski definition) is 2. The molecule has 0 unspecified atom stereocenters. The average molecular weight is 357 g/mol. The molecule has 3 aromatic rings. The summed E-state index contributed by atoms with van der Waals surface area (Å²) in [6.07, 6.45) is 0. The number of ether oxygens (including phenoxy) is 1. The summed E-state index contributed by atoms with van der Waals surface area (Å²) in [6.45, 7) is 0.652. The summed E-state index contributed by atoms with van der Waals surface area (Å²) >= 11 is 0. The molecular formula is C23H23N3O. The minimum absolute atomic E-state index is 0.0359. The van der Waals surface area contributed by atoms with E-state index in [-0.39, 0.29) is 12.1 Å². The van der Waals surface area contributed by atoms with Crippen molar-refractivity contribution in [2.24, 2.45) is 4.99 Å². The highest BCUT2D eigenvalue weighted by Gasteiger charge is 2.31. The fourth-order valence-electron chi connectivity index (χ4n) is 3.44. The van der Waals surface area contributed by atoms with Gasteiger partial charge >= 0.3 is 0 Å². The molecule has 27 heavy (non-hydrogen) atoms. The van der Waals surface area contributed by atoms with Gasteiger partial charge in [0.05, 0.1) is 13.2 Å². The van der Waals surface area contributed by atoms with E-state index in [9.17, 15) is 0 Å². The average Bonchev–Trinajstić information content (AvgIpc) is 3.18. The Morgan fingerprint density at radius 1 is 0.852 bits per heavy atom. The van der Waals surface area contributed by atoms with Crippen molar-refractivity contribution in [1.82, 2.24) is 10.6 Å². The molecule has 0 aromatic heterocycles. The van der Waals surface area contributed by atoms with Crippen molar-refractivity contribution >= 4 is 5.96 Å². The molecule has 1 heterocycles. The molecule has 2 atom stereocenters. The Labute approximate surface area is 159 Å². The minimum Gasteiger partial charge on any atom is -0.496 e. The van der Waals surface area contributed by atoms with E-state index in [0.717, 1.165) is 17.3 Å². The lowest BCUT2D eigenvalue weighted by molar-refractivity contribution is 0.409. The van der Waals surface area contributed by atoms with E-state index in [1.807, 2.05) is 30.3 Å². The quantitative estimate of drug-likeness (QED) is 0.718. The van der Waals surface area contributed by atoms with Gasteiger partial charge in [-0.25, -0.2) is 4.99 Å². The van der Waals surface area contributed by atoms with E-state index in [0.29, 0.717) is 6.54 Å².